The number of fused-ring (bicyclic) bond motifs is 1. The molecule has 0 saturated heterocycles. The average Bonchev–Trinajstić information content (AvgIpc) is 2.89. The summed E-state index contributed by atoms with van der Waals surface area (Å²) in [7, 11) is 0. The first-order chi connectivity index (χ1) is 10.9. The van der Waals surface area contributed by atoms with Crippen LogP contribution >= 0.6 is 11.8 Å². The molecule has 0 aliphatic heterocycles. The van der Waals surface area contributed by atoms with Gasteiger partial charge in [0.15, 0.2) is 5.82 Å². The van der Waals surface area contributed by atoms with Crippen molar-refractivity contribution in [3.63, 3.8) is 0 Å². The topological polar surface area (TPSA) is 46.4 Å². The van der Waals surface area contributed by atoms with Crippen molar-refractivity contribution in [2.24, 2.45) is 0 Å². The number of imidazole rings is 1. The van der Waals surface area contributed by atoms with E-state index < -0.39 is 12.1 Å². The highest BCUT2D eigenvalue weighted by atomic mass is 32.2. The number of alkyl halides is 3. The number of halogens is 3. The fourth-order valence-electron chi connectivity index (χ4n) is 1.90. The van der Waals surface area contributed by atoms with Crippen molar-refractivity contribution < 1.29 is 18.0 Å². The molecule has 2 aromatic heterocycles. The summed E-state index contributed by atoms with van der Waals surface area (Å²) in [6.07, 6.45) is -1.86. The van der Waals surface area contributed by atoms with Gasteiger partial charge in [0.25, 0.3) is 0 Å². The molecule has 0 aliphatic carbocycles. The van der Waals surface area contributed by atoms with Crippen LogP contribution in [0.3, 0.4) is 0 Å². The summed E-state index contributed by atoms with van der Waals surface area (Å²) in [5.41, 5.74) is 0.444. The zero-order valence-electron chi connectivity index (χ0n) is 11.5. The minimum Gasteiger partial charge on any atom is -0.304 e. The van der Waals surface area contributed by atoms with Gasteiger partial charge >= 0.3 is 12.1 Å². The van der Waals surface area contributed by atoms with Gasteiger partial charge in [-0.2, -0.15) is 13.2 Å². The quantitative estimate of drug-likeness (QED) is 0.786. The van der Waals surface area contributed by atoms with Crippen LogP contribution in [-0.4, -0.2) is 21.5 Å². The van der Waals surface area contributed by atoms with E-state index >= 15 is 0 Å². The largest absolute Gasteiger partial charge is 0.471 e. The van der Waals surface area contributed by atoms with Crippen LogP contribution in [0.15, 0.2) is 64.6 Å². The van der Waals surface area contributed by atoms with Crippen LogP contribution in [0.1, 0.15) is 0 Å². The molecule has 1 aromatic carbocycles. The molecule has 0 bridgehead atoms. The summed E-state index contributed by atoms with van der Waals surface area (Å²) in [6, 6.07) is 13.2. The van der Waals surface area contributed by atoms with Gasteiger partial charge in [0.2, 0.25) is 0 Å². The van der Waals surface area contributed by atoms with E-state index in [9.17, 15) is 18.0 Å². The molecule has 0 radical (unpaired) electrons. The molecular formula is C15H10F3N3OS. The molecule has 0 spiro atoms. The summed E-state index contributed by atoms with van der Waals surface area (Å²) in [6.45, 7) is 0. The lowest BCUT2D eigenvalue weighted by molar-refractivity contribution is -0.167. The van der Waals surface area contributed by atoms with Gasteiger partial charge < -0.3 is 9.72 Å². The van der Waals surface area contributed by atoms with Crippen LogP contribution in [0, 0.1) is 0 Å². The zero-order valence-corrected chi connectivity index (χ0v) is 12.4. The van der Waals surface area contributed by atoms with E-state index in [1.54, 1.807) is 22.0 Å². The first-order valence-corrected chi connectivity index (χ1v) is 7.33. The second-order valence-corrected chi connectivity index (χ2v) is 5.77. The van der Waals surface area contributed by atoms with Gasteiger partial charge in [-0.15, -0.1) is 0 Å². The van der Waals surface area contributed by atoms with E-state index in [1.165, 1.54) is 18.0 Å². The van der Waals surface area contributed by atoms with Crippen LogP contribution in [0.25, 0.3) is 5.65 Å². The minimum absolute atomic E-state index is 0.144. The van der Waals surface area contributed by atoms with Gasteiger partial charge in [0.05, 0.1) is 6.20 Å². The third-order valence-electron chi connectivity index (χ3n) is 2.90. The molecule has 0 aliphatic rings. The Labute approximate surface area is 133 Å². The maximum atomic E-state index is 12.2. The zero-order chi connectivity index (χ0) is 16.4. The molecule has 3 rings (SSSR count). The Hall–Kier alpha value is -2.48. The summed E-state index contributed by atoms with van der Waals surface area (Å²) < 4.78 is 38.3. The van der Waals surface area contributed by atoms with E-state index in [4.69, 9.17) is 0 Å². The lowest BCUT2D eigenvalue weighted by atomic mass is 10.4. The molecular weight excluding hydrogens is 327 g/mol. The highest BCUT2D eigenvalue weighted by molar-refractivity contribution is 7.99. The standard InChI is InChI=1S/C15H10F3N3OS/c16-15(17,18)14(22)20-12-9-21-8-11(6-7-13(21)19-12)23-10-4-2-1-3-5-10/h1-9H,(H,20,22). The molecule has 0 unspecified atom stereocenters. The molecule has 1 amide bonds. The monoisotopic (exact) mass is 337 g/mol. The van der Waals surface area contributed by atoms with Gasteiger partial charge in [-0.25, -0.2) is 4.98 Å². The molecule has 23 heavy (non-hydrogen) atoms. The number of amides is 1. The van der Waals surface area contributed by atoms with Crippen molar-refractivity contribution >= 4 is 29.1 Å². The summed E-state index contributed by atoms with van der Waals surface area (Å²) >= 11 is 1.51. The Bertz CT molecular complexity index is 846. The second kappa shape index (κ2) is 5.96. The van der Waals surface area contributed by atoms with Crippen molar-refractivity contribution in [2.45, 2.75) is 16.0 Å². The van der Waals surface area contributed by atoms with E-state index in [-0.39, 0.29) is 5.82 Å². The molecule has 0 fully saturated rings. The number of aromatic nitrogens is 2. The van der Waals surface area contributed by atoms with Crippen molar-refractivity contribution in [3.8, 4) is 0 Å². The Morgan fingerprint density at radius 3 is 2.48 bits per heavy atom. The van der Waals surface area contributed by atoms with Gasteiger partial charge in [-0.05, 0) is 24.3 Å². The van der Waals surface area contributed by atoms with Gasteiger partial charge in [0, 0.05) is 16.0 Å². The number of pyridine rings is 1. The molecule has 0 atom stereocenters. The molecule has 8 heteroatoms. The highest BCUT2D eigenvalue weighted by Crippen LogP contribution is 2.28. The predicted octanol–water partition coefficient (Wildman–Crippen LogP) is 3.99. The Kier molecular flexibility index (Phi) is 3.99. The molecule has 118 valence electrons. The Morgan fingerprint density at radius 1 is 1.04 bits per heavy atom. The van der Waals surface area contributed by atoms with Crippen LogP contribution in [0.4, 0.5) is 19.0 Å². The number of anilines is 1. The van der Waals surface area contributed by atoms with Crippen molar-refractivity contribution in [2.75, 3.05) is 5.32 Å². The third-order valence-corrected chi connectivity index (χ3v) is 3.89. The van der Waals surface area contributed by atoms with Gasteiger partial charge in [-0.1, -0.05) is 30.0 Å². The fourth-order valence-corrected chi connectivity index (χ4v) is 2.77. The number of benzene rings is 1. The number of carbonyl (C=O) groups is 1. The second-order valence-electron chi connectivity index (χ2n) is 4.62. The molecule has 0 saturated carbocycles. The predicted molar refractivity (Wildman–Crippen MR) is 80.4 cm³/mol. The number of hydrogen-bond donors (Lipinski definition) is 1. The van der Waals surface area contributed by atoms with Crippen LogP contribution < -0.4 is 5.32 Å². The maximum Gasteiger partial charge on any atom is 0.471 e. The smallest absolute Gasteiger partial charge is 0.304 e. The van der Waals surface area contributed by atoms with Gasteiger partial charge in [-0.3, -0.25) is 4.79 Å². The number of hydrogen-bond acceptors (Lipinski definition) is 3. The lowest BCUT2D eigenvalue weighted by Crippen LogP contribution is -2.30. The first-order valence-electron chi connectivity index (χ1n) is 6.52. The number of rotatable bonds is 3. The highest BCUT2D eigenvalue weighted by Gasteiger charge is 2.39. The normalized spacial score (nSPS) is 11.6. The van der Waals surface area contributed by atoms with E-state index in [2.05, 4.69) is 4.98 Å². The van der Waals surface area contributed by atoms with Crippen LogP contribution in [0.5, 0.6) is 0 Å². The summed E-state index contributed by atoms with van der Waals surface area (Å²) in [5.74, 6) is -2.19. The van der Waals surface area contributed by atoms with E-state index in [1.807, 2.05) is 36.4 Å². The number of nitrogens with zero attached hydrogens (tertiary/aromatic N) is 2. The SMILES string of the molecule is O=C(Nc1cn2cc(Sc3ccccc3)ccc2n1)C(F)(F)F. The van der Waals surface area contributed by atoms with Crippen molar-refractivity contribution in [1.82, 2.24) is 9.38 Å². The first kappa shape index (κ1) is 15.4. The van der Waals surface area contributed by atoms with Crippen LogP contribution in [0.2, 0.25) is 0 Å². The third kappa shape index (κ3) is 3.65. The summed E-state index contributed by atoms with van der Waals surface area (Å²) in [4.78, 5) is 16.8. The minimum atomic E-state index is -4.94. The number of nitrogens with one attached hydrogen (secondary N) is 1. The molecule has 3 aromatic rings. The Morgan fingerprint density at radius 2 is 1.78 bits per heavy atom. The van der Waals surface area contributed by atoms with E-state index in [0.717, 1.165) is 9.79 Å². The molecule has 2 heterocycles. The lowest BCUT2D eigenvalue weighted by Gasteiger charge is -2.04. The average molecular weight is 337 g/mol. The van der Waals surface area contributed by atoms with Crippen LogP contribution in [-0.2, 0) is 4.79 Å². The van der Waals surface area contributed by atoms with Crippen molar-refractivity contribution in [1.29, 1.82) is 0 Å². The maximum absolute atomic E-state index is 12.2. The van der Waals surface area contributed by atoms with Crippen molar-refractivity contribution in [3.05, 3.63) is 54.9 Å². The molecule has 1 N–H and O–H groups in total. The van der Waals surface area contributed by atoms with Gasteiger partial charge in [0.1, 0.15) is 5.65 Å². The Balaban J connectivity index is 1.82. The molecule has 4 nitrogen and oxygen atoms in total. The summed E-state index contributed by atoms with van der Waals surface area (Å²) in [5, 5.41) is 1.74. The number of carbonyl (C=O) groups excluding carboxylic acids is 1. The fraction of sp³-hybridized carbons (Fsp3) is 0.0667. The van der Waals surface area contributed by atoms with E-state index in [0.29, 0.717) is 5.65 Å².